The molecule has 0 atom stereocenters. The normalized spacial score (nSPS) is 12.1. The summed E-state index contributed by atoms with van der Waals surface area (Å²) < 4.78 is 44.3. The van der Waals surface area contributed by atoms with Crippen molar-refractivity contribution in [3.8, 4) is 0 Å². The number of alkyl halides is 3. The Morgan fingerprint density at radius 1 is 1.08 bits per heavy atom. The van der Waals surface area contributed by atoms with Crippen molar-refractivity contribution >= 4 is 31.5 Å². The second kappa shape index (κ2) is 8.17. The second-order valence-corrected chi connectivity index (χ2v) is 7.10. The van der Waals surface area contributed by atoms with Crippen molar-refractivity contribution in [3.63, 3.8) is 0 Å². The number of esters is 1. The molecule has 0 bridgehead atoms. The van der Waals surface area contributed by atoms with E-state index in [0.717, 1.165) is 16.6 Å². The van der Waals surface area contributed by atoms with Crippen molar-refractivity contribution in [1.82, 2.24) is 0 Å². The molecule has 0 aliphatic rings. The first-order valence-electron chi connectivity index (χ1n) is 7.19. The van der Waals surface area contributed by atoms with Gasteiger partial charge >= 0.3 is 144 Å². The Hall–Kier alpha value is -2.04. The summed E-state index contributed by atoms with van der Waals surface area (Å²) in [6.07, 6.45) is -2.79. The number of benzene rings is 2. The molecule has 0 spiro atoms. The van der Waals surface area contributed by atoms with Gasteiger partial charge in [0.15, 0.2) is 0 Å². The first-order valence-corrected chi connectivity index (χ1v) is 8.90. The van der Waals surface area contributed by atoms with Crippen LogP contribution in [-0.4, -0.2) is 27.5 Å². The van der Waals surface area contributed by atoms with Crippen molar-refractivity contribution in [3.05, 3.63) is 70.2 Å². The van der Waals surface area contributed by atoms with E-state index in [4.69, 9.17) is 4.74 Å². The van der Waals surface area contributed by atoms with Gasteiger partial charge in [0.25, 0.3) is 0 Å². The van der Waals surface area contributed by atoms with E-state index in [2.05, 4.69) is 0 Å². The predicted octanol–water partition coefficient (Wildman–Crippen LogP) is 3.64. The van der Waals surface area contributed by atoms with Crippen LogP contribution in [0.15, 0.2) is 59.1 Å². The molecule has 24 heavy (non-hydrogen) atoms. The Morgan fingerprint density at radius 2 is 1.71 bits per heavy atom. The van der Waals surface area contributed by atoms with E-state index in [1.807, 2.05) is 30.3 Å². The first kappa shape index (κ1) is 18.3. The second-order valence-electron chi connectivity index (χ2n) is 4.76. The Kier molecular flexibility index (Phi) is 6.23. The molecule has 0 aromatic heterocycles. The number of rotatable bonds is 5. The number of carbonyl (C=O) groups excluding carboxylic acids is 1. The quantitative estimate of drug-likeness (QED) is 0.436. The van der Waals surface area contributed by atoms with Crippen LogP contribution in [0.25, 0.3) is 6.08 Å². The minimum absolute atomic E-state index is 0.244. The van der Waals surface area contributed by atoms with Crippen LogP contribution < -0.4 is 4.46 Å². The molecule has 0 unspecified atom stereocenters. The van der Waals surface area contributed by atoms with Gasteiger partial charge in [0.2, 0.25) is 0 Å². The Bertz CT molecular complexity index is 707. The standard InChI is InChI=1S/C18H15F3O2Se/c1-2-23-17(22)16(24-15-6-4-3-5-7-15)12-13-8-10-14(11-9-13)18(19,20)21/h3-12H,2H2,1H3. The van der Waals surface area contributed by atoms with Crippen molar-refractivity contribution in [2.45, 2.75) is 13.1 Å². The van der Waals surface area contributed by atoms with Crippen LogP contribution in [0.4, 0.5) is 13.2 Å². The van der Waals surface area contributed by atoms with Crippen molar-refractivity contribution in [2.24, 2.45) is 0 Å². The Labute approximate surface area is 144 Å². The van der Waals surface area contributed by atoms with Gasteiger partial charge in [0.1, 0.15) is 0 Å². The van der Waals surface area contributed by atoms with Gasteiger partial charge in [-0.2, -0.15) is 0 Å². The maximum atomic E-state index is 12.6. The average Bonchev–Trinajstić information content (AvgIpc) is 2.55. The van der Waals surface area contributed by atoms with Crippen LogP contribution in [0.1, 0.15) is 18.1 Å². The van der Waals surface area contributed by atoms with Crippen LogP contribution in [0.2, 0.25) is 0 Å². The first-order chi connectivity index (χ1) is 11.4. The summed E-state index contributed by atoms with van der Waals surface area (Å²) in [4.78, 5) is 12.1. The SMILES string of the molecule is CCOC(=O)C(=Cc1ccc(C(F)(F)F)cc1)[Se]c1ccccc1. The molecule has 0 radical (unpaired) electrons. The van der Waals surface area contributed by atoms with Gasteiger partial charge in [0, 0.05) is 0 Å². The monoisotopic (exact) mass is 400 g/mol. The molecule has 2 aromatic rings. The van der Waals surface area contributed by atoms with Crippen molar-refractivity contribution in [2.75, 3.05) is 6.61 Å². The zero-order chi connectivity index (χ0) is 17.6. The Morgan fingerprint density at radius 3 is 2.25 bits per heavy atom. The van der Waals surface area contributed by atoms with Gasteiger partial charge in [-0.1, -0.05) is 0 Å². The van der Waals surface area contributed by atoms with E-state index < -0.39 is 17.7 Å². The zero-order valence-electron chi connectivity index (χ0n) is 12.8. The fourth-order valence-corrected chi connectivity index (χ4v) is 3.72. The average molecular weight is 399 g/mol. The van der Waals surface area contributed by atoms with Crippen molar-refractivity contribution < 1.29 is 22.7 Å². The molecule has 0 N–H and O–H groups in total. The minimum atomic E-state index is -4.37. The summed E-state index contributed by atoms with van der Waals surface area (Å²) in [6, 6.07) is 14.1. The molecule has 0 heterocycles. The van der Waals surface area contributed by atoms with Crippen LogP contribution in [0.5, 0.6) is 0 Å². The molecule has 2 nitrogen and oxygen atoms in total. The van der Waals surface area contributed by atoms with Gasteiger partial charge in [-0.3, -0.25) is 0 Å². The van der Waals surface area contributed by atoms with Gasteiger partial charge < -0.3 is 0 Å². The molecule has 0 fully saturated rings. The molecular weight excluding hydrogens is 384 g/mol. The molecule has 0 aliphatic heterocycles. The van der Waals surface area contributed by atoms with Gasteiger partial charge in [-0.25, -0.2) is 0 Å². The summed E-state index contributed by atoms with van der Waals surface area (Å²) in [7, 11) is 0. The van der Waals surface area contributed by atoms with Crippen LogP contribution >= 0.6 is 0 Å². The summed E-state index contributed by atoms with van der Waals surface area (Å²) >= 11 is -0.295. The predicted molar refractivity (Wildman–Crippen MR) is 87.9 cm³/mol. The molecule has 0 aliphatic carbocycles. The molecule has 2 rings (SSSR count). The summed E-state index contributed by atoms with van der Waals surface area (Å²) in [5, 5.41) is 0. The van der Waals surface area contributed by atoms with E-state index >= 15 is 0 Å². The van der Waals surface area contributed by atoms with Crippen molar-refractivity contribution in [1.29, 1.82) is 0 Å². The molecule has 0 saturated carbocycles. The summed E-state index contributed by atoms with van der Waals surface area (Å²) in [6.45, 7) is 1.96. The molecular formula is C18H15F3O2Se. The fraction of sp³-hybridized carbons (Fsp3) is 0.167. The van der Waals surface area contributed by atoms with E-state index in [1.165, 1.54) is 12.1 Å². The summed E-state index contributed by atoms with van der Waals surface area (Å²) in [5.74, 6) is -0.443. The van der Waals surface area contributed by atoms with Crippen LogP contribution in [0.3, 0.4) is 0 Å². The van der Waals surface area contributed by atoms with Gasteiger partial charge in [-0.05, 0) is 0 Å². The molecule has 2 aromatic carbocycles. The van der Waals surface area contributed by atoms with Gasteiger partial charge in [-0.15, -0.1) is 0 Å². The van der Waals surface area contributed by atoms with E-state index in [1.54, 1.807) is 13.0 Å². The maximum absolute atomic E-state index is 12.6. The number of halogens is 3. The van der Waals surface area contributed by atoms with E-state index in [9.17, 15) is 18.0 Å². The third-order valence-corrected chi connectivity index (χ3v) is 5.11. The molecule has 0 amide bonds. The zero-order valence-corrected chi connectivity index (χ0v) is 14.6. The topological polar surface area (TPSA) is 26.3 Å². The third-order valence-electron chi connectivity index (χ3n) is 2.98. The van der Waals surface area contributed by atoms with Crippen LogP contribution in [-0.2, 0) is 15.7 Å². The van der Waals surface area contributed by atoms with E-state index in [-0.39, 0.29) is 21.6 Å². The summed E-state index contributed by atoms with van der Waals surface area (Å²) in [5.41, 5.74) is -0.185. The van der Waals surface area contributed by atoms with Gasteiger partial charge in [0.05, 0.1) is 0 Å². The van der Waals surface area contributed by atoms with E-state index in [0.29, 0.717) is 10.0 Å². The number of ether oxygens (including phenoxy) is 1. The molecule has 0 saturated heterocycles. The molecule has 6 heteroatoms. The fourth-order valence-electron chi connectivity index (χ4n) is 1.87. The third kappa shape index (κ3) is 5.25. The number of carbonyl (C=O) groups is 1. The molecule has 126 valence electrons. The number of hydrogen-bond acceptors (Lipinski definition) is 2. The Balaban J connectivity index is 2.28. The van der Waals surface area contributed by atoms with Crippen LogP contribution in [0, 0.1) is 0 Å². The number of hydrogen-bond donors (Lipinski definition) is 0.